The lowest BCUT2D eigenvalue weighted by Crippen LogP contribution is -2.45. The van der Waals surface area contributed by atoms with Crippen molar-refractivity contribution in [2.24, 2.45) is 0 Å². The van der Waals surface area contributed by atoms with Crippen molar-refractivity contribution in [1.29, 1.82) is 0 Å². The second kappa shape index (κ2) is 6.04. The molecule has 122 valence electrons. The lowest BCUT2D eigenvalue weighted by atomic mass is 9.93. The number of aromatic amines is 1. The maximum atomic E-state index is 11.4. The smallest absolute Gasteiger partial charge is 0.321 e. The van der Waals surface area contributed by atoms with Crippen molar-refractivity contribution in [3.05, 3.63) is 47.0 Å². The number of benzene rings is 1. The van der Waals surface area contributed by atoms with Crippen LogP contribution in [-0.4, -0.2) is 41.2 Å². The third kappa shape index (κ3) is 3.07. The summed E-state index contributed by atoms with van der Waals surface area (Å²) in [5.41, 5.74) is 5.42. The van der Waals surface area contributed by atoms with Crippen LogP contribution in [0.15, 0.2) is 24.5 Å². The van der Waals surface area contributed by atoms with Gasteiger partial charge in [-0.05, 0) is 30.5 Å². The van der Waals surface area contributed by atoms with Gasteiger partial charge in [0.1, 0.15) is 6.04 Å². The van der Waals surface area contributed by atoms with Gasteiger partial charge < -0.3 is 15.0 Å². The highest BCUT2D eigenvalue weighted by Gasteiger charge is 2.32. The van der Waals surface area contributed by atoms with E-state index in [9.17, 15) is 9.90 Å². The SMILES string of the molecule is Cc1cc(CC2NC(C(=O)O)Cc3[nH]cnc32)ccc1N(C)C. The zero-order valence-corrected chi connectivity index (χ0v) is 13.6. The zero-order valence-electron chi connectivity index (χ0n) is 13.6. The molecule has 2 heterocycles. The Hall–Kier alpha value is -2.34. The van der Waals surface area contributed by atoms with E-state index in [0.29, 0.717) is 6.42 Å². The van der Waals surface area contributed by atoms with Gasteiger partial charge in [0.2, 0.25) is 0 Å². The van der Waals surface area contributed by atoms with Crippen LogP contribution in [0.5, 0.6) is 0 Å². The van der Waals surface area contributed by atoms with Crippen LogP contribution in [0.3, 0.4) is 0 Å². The van der Waals surface area contributed by atoms with Gasteiger partial charge in [-0.2, -0.15) is 0 Å². The van der Waals surface area contributed by atoms with E-state index in [0.717, 1.165) is 17.8 Å². The van der Waals surface area contributed by atoms with Crippen LogP contribution < -0.4 is 10.2 Å². The summed E-state index contributed by atoms with van der Waals surface area (Å²) in [7, 11) is 4.05. The number of rotatable bonds is 4. The molecular weight excluding hydrogens is 292 g/mol. The van der Waals surface area contributed by atoms with Crippen LogP contribution in [0.4, 0.5) is 5.69 Å². The first-order chi connectivity index (χ1) is 11.0. The Kier molecular flexibility index (Phi) is 4.09. The predicted molar refractivity (Wildman–Crippen MR) is 88.8 cm³/mol. The Labute approximate surface area is 135 Å². The second-order valence-electron chi connectivity index (χ2n) is 6.30. The van der Waals surface area contributed by atoms with Crippen LogP contribution >= 0.6 is 0 Å². The molecule has 2 atom stereocenters. The lowest BCUT2D eigenvalue weighted by Gasteiger charge is -2.28. The highest BCUT2D eigenvalue weighted by Crippen LogP contribution is 2.27. The molecule has 6 heteroatoms. The van der Waals surface area contributed by atoms with Gasteiger partial charge in [0, 0.05) is 31.9 Å². The standard InChI is InChI=1S/C17H22N4O2/c1-10-6-11(4-5-15(10)21(2)3)7-13-16-12(18-9-19-16)8-14(20-13)17(22)23/h4-6,9,13-14,20H,7-8H2,1-3H3,(H,18,19)(H,22,23). The Bertz CT molecular complexity index is 723. The molecule has 23 heavy (non-hydrogen) atoms. The van der Waals surface area contributed by atoms with Gasteiger partial charge in [-0.25, -0.2) is 4.98 Å². The second-order valence-corrected chi connectivity index (χ2v) is 6.30. The number of imidazole rings is 1. The third-order valence-corrected chi connectivity index (χ3v) is 4.37. The fourth-order valence-corrected chi connectivity index (χ4v) is 3.28. The monoisotopic (exact) mass is 314 g/mol. The van der Waals surface area contributed by atoms with E-state index in [-0.39, 0.29) is 6.04 Å². The predicted octanol–water partition coefficient (Wildman–Crippen LogP) is 1.67. The largest absolute Gasteiger partial charge is 0.480 e. The Morgan fingerprint density at radius 2 is 2.22 bits per heavy atom. The summed E-state index contributed by atoms with van der Waals surface area (Å²) in [6.07, 6.45) is 2.81. The first kappa shape index (κ1) is 15.6. The number of hydrogen-bond donors (Lipinski definition) is 3. The van der Waals surface area contributed by atoms with Crippen molar-refractivity contribution in [1.82, 2.24) is 15.3 Å². The van der Waals surface area contributed by atoms with Gasteiger partial charge >= 0.3 is 5.97 Å². The minimum atomic E-state index is -0.825. The maximum Gasteiger partial charge on any atom is 0.321 e. The average molecular weight is 314 g/mol. The number of carboxylic acids is 1. The van der Waals surface area contributed by atoms with Gasteiger partial charge in [-0.1, -0.05) is 12.1 Å². The van der Waals surface area contributed by atoms with Crippen molar-refractivity contribution in [2.75, 3.05) is 19.0 Å². The molecule has 0 amide bonds. The fraction of sp³-hybridized carbons (Fsp3) is 0.412. The normalized spacial score (nSPS) is 20.1. The highest BCUT2D eigenvalue weighted by molar-refractivity contribution is 5.74. The molecule has 0 saturated carbocycles. The van der Waals surface area contributed by atoms with Gasteiger partial charge in [0.15, 0.2) is 0 Å². The van der Waals surface area contributed by atoms with Crippen molar-refractivity contribution in [2.45, 2.75) is 31.8 Å². The minimum absolute atomic E-state index is 0.0873. The molecule has 2 unspecified atom stereocenters. The van der Waals surface area contributed by atoms with Crippen LogP contribution in [0, 0.1) is 6.92 Å². The molecule has 1 aliphatic heterocycles. The molecule has 0 aliphatic carbocycles. The number of aliphatic carboxylic acids is 1. The molecule has 1 aromatic heterocycles. The molecule has 0 spiro atoms. The first-order valence-corrected chi connectivity index (χ1v) is 7.73. The maximum absolute atomic E-state index is 11.4. The zero-order chi connectivity index (χ0) is 16.6. The van der Waals surface area contributed by atoms with E-state index in [4.69, 9.17) is 0 Å². The number of aryl methyl sites for hydroxylation is 1. The van der Waals surface area contributed by atoms with E-state index in [1.54, 1.807) is 6.33 Å². The number of nitrogens with one attached hydrogen (secondary N) is 2. The summed E-state index contributed by atoms with van der Waals surface area (Å²) in [5, 5.41) is 12.5. The average Bonchev–Trinajstić information content (AvgIpc) is 2.95. The number of fused-ring (bicyclic) bond motifs is 1. The molecular formula is C17H22N4O2. The molecule has 2 aromatic rings. The molecule has 0 radical (unpaired) electrons. The summed E-state index contributed by atoms with van der Waals surface area (Å²) in [6.45, 7) is 2.09. The molecule has 0 saturated heterocycles. The van der Waals surface area contributed by atoms with Crippen LogP contribution in [-0.2, 0) is 17.6 Å². The van der Waals surface area contributed by atoms with Crippen molar-refractivity contribution in [3.8, 4) is 0 Å². The molecule has 3 rings (SSSR count). The van der Waals surface area contributed by atoms with E-state index in [2.05, 4.69) is 45.3 Å². The number of anilines is 1. The van der Waals surface area contributed by atoms with E-state index in [1.165, 1.54) is 16.8 Å². The number of nitrogens with zero attached hydrogens (tertiary/aromatic N) is 2. The summed E-state index contributed by atoms with van der Waals surface area (Å²) < 4.78 is 0. The molecule has 0 bridgehead atoms. The molecule has 1 aromatic carbocycles. The van der Waals surface area contributed by atoms with Crippen LogP contribution in [0.1, 0.15) is 28.6 Å². The number of H-pyrrole nitrogens is 1. The summed E-state index contributed by atoms with van der Waals surface area (Å²) in [4.78, 5) is 20.9. The van der Waals surface area contributed by atoms with Crippen LogP contribution in [0.25, 0.3) is 0 Å². The van der Waals surface area contributed by atoms with Crippen LogP contribution in [0.2, 0.25) is 0 Å². The molecule has 1 aliphatic rings. The number of aromatic nitrogens is 2. The topological polar surface area (TPSA) is 81.2 Å². The van der Waals surface area contributed by atoms with E-state index < -0.39 is 12.0 Å². The van der Waals surface area contributed by atoms with Gasteiger partial charge in [0.05, 0.1) is 18.1 Å². The summed E-state index contributed by atoms with van der Waals surface area (Å²) >= 11 is 0. The number of hydrogen-bond acceptors (Lipinski definition) is 4. The van der Waals surface area contributed by atoms with Crippen molar-refractivity contribution in [3.63, 3.8) is 0 Å². The molecule has 6 nitrogen and oxygen atoms in total. The van der Waals surface area contributed by atoms with Gasteiger partial charge in [-0.3, -0.25) is 10.1 Å². The Morgan fingerprint density at radius 1 is 1.43 bits per heavy atom. The number of carboxylic acid groups (broad SMARTS) is 1. The van der Waals surface area contributed by atoms with Gasteiger partial charge in [0.25, 0.3) is 0 Å². The Morgan fingerprint density at radius 3 is 2.87 bits per heavy atom. The fourth-order valence-electron chi connectivity index (χ4n) is 3.28. The lowest BCUT2D eigenvalue weighted by molar-refractivity contribution is -0.139. The Balaban J connectivity index is 1.85. The summed E-state index contributed by atoms with van der Waals surface area (Å²) in [6, 6.07) is 5.70. The quantitative estimate of drug-likeness (QED) is 0.800. The first-order valence-electron chi connectivity index (χ1n) is 7.73. The summed E-state index contributed by atoms with van der Waals surface area (Å²) in [5.74, 6) is -0.825. The minimum Gasteiger partial charge on any atom is -0.480 e. The molecule has 3 N–H and O–H groups in total. The van der Waals surface area contributed by atoms with E-state index in [1.807, 2.05) is 14.1 Å². The number of carbonyl (C=O) groups is 1. The highest BCUT2D eigenvalue weighted by atomic mass is 16.4. The van der Waals surface area contributed by atoms with Crippen molar-refractivity contribution < 1.29 is 9.90 Å². The van der Waals surface area contributed by atoms with Crippen molar-refractivity contribution >= 4 is 11.7 Å². The van der Waals surface area contributed by atoms with Gasteiger partial charge in [-0.15, -0.1) is 0 Å². The molecule has 0 fully saturated rings. The van der Waals surface area contributed by atoms with E-state index >= 15 is 0 Å². The third-order valence-electron chi connectivity index (χ3n) is 4.37.